The maximum atomic E-state index is 12.2. The lowest BCUT2D eigenvalue weighted by Crippen LogP contribution is -2.44. The van der Waals surface area contributed by atoms with Crippen molar-refractivity contribution in [1.82, 2.24) is 10.2 Å². The largest absolute Gasteiger partial charge is 0.342 e. The van der Waals surface area contributed by atoms with Crippen LogP contribution in [-0.4, -0.2) is 37.0 Å². The van der Waals surface area contributed by atoms with Crippen LogP contribution in [0.4, 0.5) is 0 Å². The van der Waals surface area contributed by atoms with Gasteiger partial charge in [-0.3, -0.25) is 4.79 Å². The molecule has 1 N–H and O–H groups in total. The number of piperidine rings is 2. The first-order valence-electron chi connectivity index (χ1n) is 6.80. The minimum absolute atomic E-state index is 0. The Morgan fingerprint density at radius 3 is 2.29 bits per heavy atom. The molecule has 1 amide bonds. The topological polar surface area (TPSA) is 32.3 Å². The third-order valence-electron chi connectivity index (χ3n) is 4.19. The van der Waals surface area contributed by atoms with Crippen LogP contribution in [0.15, 0.2) is 0 Å². The average molecular weight is 261 g/mol. The lowest BCUT2D eigenvalue weighted by Gasteiger charge is -2.35. The Balaban J connectivity index is 0.00000144. The summed E-state index contributed by atoms with van der Waals surface area (Å²) in [4.78, 5) is 14.4. The molecule has 0 bridgehead atoms. The second-order valence-electron chi connectivity index (χ2n) is 5.20. The van der Waals surface area contributed by atoms with Crippen LogP contribution in [0, 0.1) is 11.8 Å². The number of rotatable bonds is 2. The molecule has 100 valence electrons. The molecule has 2 heterocycles. The van der Waals surface area contributed by atoms with Crippen molar-refractivity contribution in [1.29, 1.82) is 0 Å². The maximum Gasteiger partial charge on any atom is 0.225 e. The van der Waals surface area contributed by atoms with Gasteiger partial charge in [0.2, 0.25) is 5.91 Å². The van der Waals surface area contributed by atoms with Crippen molar-refractivity contribution in [3.8, 4) is 0 Å². The van der Waals surface area contributed by atoms with Crippen LogP contribution in [0.25, 0.3) is 0 Å². The highest BCUT2D eigenvalue weighted by Crippen LogP contribution is 2.23. The Kier molecular flexibility index (Phi) is 6.28. The predicted molar refractivity (Wildman–Crippen MR) is 72.4 cm³/mol. The van der Waals surface area contributed by atoms with Crippen molar-refractivity contribution in [3.05, 3.63) is 0 Å². The van der Waals surface area contributed by atoms with Gasteiger partial charge >= 0.3 is 0 Å². The van der Waals surface area contributed by atoms with Crippen molar-refractivity contribution < 1.29 is 4.79 Å². The van der Waals surface area contributed by atoms with E-state index in [1.54, 1.807) is 0 Å². The van der Waals surface area contributed by atoms with Crippen LogP contribution in [0.1, 0.15) is 39.0 Å². The fourth-order valence-electron chi connectivity index (χ4n) is 2.89. The van der Waals surface area contributed by atoms with Crippen LogP contribution < -0.4 is 5.32 Å². The average Bonchev–Trinajstić information content (AvgIpc) is 2.39. The van der Waals surface area contributed by atoms with E-state index in [1.807, 2.05) is 0 Å². The van der Waals surface area contributed by atoms with Crippen LogP contribution in [0.2, 0.25) is 0 Å². The number of hydrogen-bond donors (Lipinski definition) is 1. The van der Waals surface area contributed by atoms with Gasteiger partial charge in [-0.15, -0.1) is 12.4 Å². The van der Waals surface area contributed by atoms with Gasteiger partial charge < -0.3 is 10.2 Å². The molecule has 2 aliphatic heterocycles. The standard InChI is InChI=1S/C13H24N2O.ClH/c1-2-11-5-9-15(10-6-11)13(16)12-3-7-14-8-4-12;/h11-12,14H,2-10H2,1H3;1H. The zero-order valence-corrected chi connectivity index (χ0v) is 11.6. The molecule has 2 aliphatic rings. The number of nitrogens with one attached hydrogen (secondary N) is 1. The van der Waals surface area contributed by atoms with Crippen LogP contribution >= 0.6 is 12.4 Å². The second kappa shape index (κ2) is 7.22. The van der Waals surface area contributed by atoms with E-state index >= 15 is 0 Å². The molecule has 3 nitrogen and oxygen atoms in total. The minimum Gasteiger partial charge on any atom is -0.342 e. The first kappa shape index (κ1) is 14.8. The third kappa shape index (κ3) is 3.85. The van der Waals surface area contributed by atoms with Gasteiger partial charge in [0.25, 0.3) is 0 Å². The Morgan fingerprint density at radius 2 is 1.76 bits per heavy atom. The number of hydrogen-bond acceptors (Lipinski definition) is 2. The fourth-order valence-corrected chi connectivity index (χ4v) is 2.89. The molecule has 0 aromatic rings. The van der Waals surface area contributed by atoms with Gasteiger partial charge in [0.15, 0.2) is 0 Å². The van der Waals surface area contributed by atoms with Crippen LogP contribution in [-0.2, 0) is 4.79 Å². The zero-order valence-electron chi connectivity index (χ0n) is 10.8. The summed E-state index contributed by atoms with van der Waals surface area (Å²) in [7, 11) is 0. The van der Waals surface area contributed by atoms with E-state index in [1.165, 1.54) is 19.3 Å². The van der Waals surface area contributed by atoms with Gasteiger partial charge in [-0.2, -0.15) is 0 Å². The lowest BCUT2D eigenvalue weighted by molar-refractivity contribution is -0.137. The molecular weight excluding hydrogens is 236 g/mol. The van der Waals surface area contributed by atoms with Gasteiger partial charge in [0.1, 0.15) is 0 Å². The number of likely N-dealkylation sites (tertiary alicyclic amines) is 1. The third-order valence-corrected chi connectivity index (χ3v) is 4.19. The Bertz CT molecular complexity index is 234. The molecule has 0 aromatic carbocycles. The van der Waals surface area contributed by atoms with E-state index in [9.17, 15) is 4.79 Å². The summed E-state index contributed by atoms with van der Waals surface area (Å²) >= 11 is 0. The predicted octanol–water partition coefficient (Wildman–Crippen LogP) is 2.06. The van der Waals surface area contributed by atoms with Gasteiger partial charge in [-0.05, 0) is 44.7 Å². The van der Waals surface area contributed by atoms with E-state index in [0.29, 0.717) is 11.8 Å². The first-order valence-corrected chi connectivity index (χ1v) is 6.80. The van der Waals surface area contributed by atoms with Crippen LogP contribution in [0.5, 0.6) is 0 Å². The zero-order chi connectivity index (χ0) is 11.4. The molecule has 2 fully saturated rings. The molecule has 0 saturated carbocycles. The lowest BCUT2D eigenvalue weighted by atomic mass is 9.91. The summed E-state index contributed by atoms with van der Waals surface area (Å²) < 4.78 is 0. The number of halogens is 1. The molecule has 0 aliphatic carbocycles. The molecule has 0 atom stereocenters. The van der Waals surface area contributed by atoms with Gasteiger partial charge in [-0.1, -0.05) is 13.3 Å². The maximum absolute atomic E-state index is 12.2. The van der Waals surface area contributed by atoms with Gasteiger partial charge in [-0.25, -0.2) is 0 Å². The van der Waals surface area contributed by atoms with Crippen molar-refractivity contribution in [3.63, 3.8) is 0 Å². The summed E-state index contributed by atoms with van der Waals surface area (Å²) in [5, 5.41) is 3.32. The fraction of sp³-hybridized carbons (Fsp3) is 0.923. The minimum atomic E-state index is 0. The molecule has 0 aromatic heterocycles. The van der Waals surface area contributed by atoms with Crippen molar-refractivity contribution in [2.45, 2.75) is 39.0 Å². The van der Waals surface area contributed by atoms with Gasteiger partial charge in [0, 0.05) is 19.0 Å². The van der Waals surface area contributed by atoms with Gasteiger partial charge in [0.05, 0.1) is 0 Å². The van der Waals surface area contributed by atoms with E-state index in [2.05, 4.69) is 17.1 Å². The molecule has 17 heavy (non-hydrogen) atoms. The molecular formula is C13H25ClN2O. The van der Waals surface area contributed by atoms with E-state index in [4.69, 9.17) is 0 Å². The second-order valence-corrected chi connectivity index (χ2v) is 5.20. The number of carbonyl (C=O) groups excluding carboxylic acids is 1. The Hall–Kier alpha value is -0.280. The summed E-state index contributed by atoms with van der Waals surface area (Å²) in [5.74, 6) is 1.59. The molecule has 2 rings (SSSR count). The van der Waals surface area contributed by atoms with Crippen molar-refractivity contribution in [2.24, 2.45) is 11.8 Å². The van der Waals surface area contributed by atoms with Crippen molar-refractivity contribution >= 4 is 18.3 Å². The summed E-state index contributed by atoms with van der Waals surface area (Å²) in [6.07, 6.45) is 5.77. The molecule has 0 unspecified atom stereocenters. The molecule has 0 spiro atoms. The normalized spacial score (nSPS) is 23.2. The summed E-state index contributed by atoms with van der Waals surface area (Å²) in [6, 6.07) is 0. The van der Waals surface area contributed by atoms with E-state index in [-0.39, 0.29) is 12.4 Å². The summed E-state index contributed by atoms with van der Waals surface area (Å²) in [5.41, 5.74) is 0. The first-order chi connectivity index (χ1) is 7.81. The molecule has 4 heteroatoms. The Labute approximate surface area is 111 Å². The van der Waals surface area contributed by atoms with Crippen molar-refractivity contribution in [2.75, 3.05) is 26.2 Å². The highest BCUT2D eigenvalue weighted by molar-refractivity contribution is 5.85. The smallest absolute Gasteiger partial charge is 0.225 e. The SMILES string of the molecule is CCC1CCN(C(=O)C2CCNCC2)CC1.Cl. The Morgan fingerprint density at radius 1 is 1.18 bits per heavy atom. The highest BCUT2D eigenvalue weighted by atomic mass is 35.5. The van der Waals surface area contributed by atoms with E-state index < -0.39 is 0 Å². The number of amides is 1. The monoisotopic (exact) mass is 260 g/mol. The quantitative estimate of drug-likeness (QED) is 0.824. The van der Waals surface area contributed by atoms with Crippen LogP contribution in [0.3, 0.4) is 0 Å². The summed E-state index contributed by atoms with van der Waals surface area (Å²) in [6.45, 7) is 6.29. The highest BCUT2D eigenvalue weighted by Gasteiger charge is 2.28. The number of carbonyl (C=O) groups is 1. The molecule has 2 saturated heterocycles. The molecule has 0 radical (unpaired) electrons. The van der Waals surface area contributed by atoms with E-state index in [0.717, 1.165) is 44.9 Å². The number of nitrogens with zero attached hydrogens (tertiary/aromatic N) is 1.